The molecule has 1 aliphatic carbocycles. The van der Waals surface area contributed by atoms with E-state index >= 15 is 0 Å². The van der Waals surface area contributed by atoms with Crippen molar-refractivity contribution in [3.8, 4) is 0 Å². The zero-order valence-corrected chi connectivity index (χ0v) is 19.6. The number of rotatable bonds is 8. The Hall–Kier alpha value is -2.54. The highest BCUT2D eigenvalue weighted by Gasteiger charge is 2.30. The number of aryl methyl sites for hydroxylation is 1. The third-order valence-electron chi connectivity index (χ3n) is 6.86. The van der Waals surface area contributed by atoms with Gasteiger partial charge in [-0.1, -0.05) is 24.6 Å². The van der Waals surface area contributed by atoms with Crippen LogP contribution in [0, 0.1) is 12.8 Å². The van der Waals surface area contributed by atoms with Gasteiger partial charge in [0.05, 0.1) is 6.54 Å². The summed E-state index contributed by atoms with van der Waals surface area (Å²) >= 11 is 0. The highest BCUT2D eigenvalue weighted by molar-refractivity contribution is 5.85. The number of carbonyl (C=O) groups excluding carboxylic acids is 1. The van der Waals surface area contributed by atoms with Crippen molar-refractivity contribution in [3.05, 3.63) is 35.5 Å². The molecule has 1 amide bonds. The number of guanidine groups is 1. The largest absolute Gasteiger partial charge is 0.358 e. The van der Waals surface area contributed by atoms with Crippen molar-refractivity contribution < 1.29 is 4.79 Å². The lowest BCUT2D eigenvalue weighted by atomic mass is 9.84. The van der Waals surface area contributed by atoms with Crippen LogP contribution >= 0.6 is 0 Å². The van der Waals surface area contributed by atoms with Gasteiger partial charge in [0, 0.05) is 68.3 Å². The molecule has 3 N–H and O–H groups in total. The fraction of sp³-hybridized carbons (Fsp3) is 0.600. The number of H-pyrrole nitrogens is 1. The van der Waals surface area contributed by atoms with E-state index in [1.165, 1.54) is 28.6 Å². The van der Waals surface area contributed by atoms with Crippen molar-refractivity contribution >= 4 is 22.8 Å². The van der Waals surface area contributed by atoms with Crippen LogP contribution in [-0.4, -0.2) is 79.0 Å². The lowest BCUT2D eigenvalue weighted by Crippen LogP contribution is -2.51. The van der Waals surface area contributed by atoms with Crippen LogP contribution in [0.15, 0.2) is 29.3 Å². The molecule has 1 saturated carbocycles. The number of hydrogen-bond donors (Lipinski definition) is 3. The molecule has 2 aliphatic rings. The van der Waals surface area contributed by atoms with Gasteiger partial charge in [0.25, 0.3) is 0 Å². The second-order valence-electron chi connectivity index (χ2n) is 9.01. The first kappa shape index (κ1) is 22.6. The maximum absolute atomic E-state index is 12.4. The number of aromatic nitrogens is 1. The van der Waals surface area contributed by atoms with Crippen molar-refractivity contribution in [1.82, 2.24) is 25.4 Å². The van der Waals surface area contributed by atoms with E-state index in [4.69, 9.17) is 4.99 Å². The van der Waals surface area contributed by atoms with E-state index in [9.17, 15) is 4.79 Å². The number of amides is 1. The molecule has 1 aliphatic heterocycles. The summed E-state index contributed by atoms with van der Waals surface area (Å²) < 4.78 is 0. The minimum absolute atomic E-state index is 0.313. The molecule has 1 saturated heterocycles. The van der Waals surface area contributed by atoms with Crippen LogP contribution < -0.4 is 10.6 Å². The van der Waals surface area contributed by atoms with Crippen LogP contribution in [0.3, 0.4) is 0 Å². The number of para-hydroxylation sites is 1. The fourth-order valence-electron chi connectivity index (χ4n) is 4.71. The lowest BCUT2D eigenvalue weighted by Gasteiger charge is -2.38. The van der Waals surface area contributed by atoms with Crippen molar-refractivity contribution in [2.24, 2.45) is 10.9 Å². The topological polar surface area (TPSA) is 75.8 Å². The molecule has 32 heavy (non-hydrogen) atoms. The maximum Gasteiger partial charge on any atom is 0.225 e. The van der Waals surface area contributed by atoms with E-state index < -0.39 is 0 Å². The first-order valence-corrected chi connectivity index (χ1v) is 12.2. The molecule has 0 radical (unpaired) electrons. The lowest BCUT2D eigenvalue weighted by molar-refractivity contribution is -0.139. The van der Waals surface area contributed by atoms with E-state index in [2.05, 4.69) is 63.5 Å². The molecule has 0 unspecified atom stereocenters. The van der Waals surface area contributed by atoms with Crippen LogP contribution in [-0.2, 0) is 11.2 Å². The van der Waals surface area contributed by atoms with Crippen LogP contribution in [0.1, 0.15) is 37.4 Å². The monoisotopic (exact) mass is 438 g/mol. The van der Waals surface area contributed by atoms with Gasteiger partial charge in [0.1, 0.15) is 0 Å². The second-order valence-corrected chi connectivity index (χ2v) is 9.01. The Morgan fingerprint density at radius 3 is 2.66 bits per heavy atom. The summed E-state index contributed by atoms with van der Waals surface area (Å²) in [6.07, 6.45) is 4.36. The van der Waals surface area contributed by atoms with Gasteiger partial charge >= 0.3 is 0 Å². The van der Waals surface area contributed by atoms with E-state index in [0.717, 1.165) is 77.6 Å². The van der Waals surface area contributed by atoms with E-state index in [1.807, 2.05) is 0 Å². The van der Waals surface area contributed by atoms with Crippen LogP contribution in [0.2, 0.25) is 0 Å². The van der Waals surface area contributed by atoms with Gasteiger partial charge in [-0.25, -0.2) is 0 Å². The van der Waals surface area contributed by atoms with Gasteiger partial charge in [-0.05, 0) is 44.7 Å². The molecule has 174 valence electrons. The summed E-state index contributed by atoms with van der Waals surface area (Å²) in [6, 6.07) is 8.49. The summed E-state index contributed by atoms with van der Waals surface area (Å²) in [4.78, 5) is 25.2. The zero-order chi connectivity index (χ0) is 22.3. The van der Waals surface area contributed by atoms with Gasteiger partial charge in [0.15, 0.2) is 5.96 Å². The fourth-order valence-corrected chi connectivity index (χ4v) is 4.71. The number of carbonyl (C=O) groups is 1. The Morgan fingerprint density at radius 2 is 1.94 bits per heavy atom. The molecule has 1 aromatic carbocycles. The van der Waals surface area contributed by atoms with Crippen LogP contribution in [0.25, 0.3) is 10.9 Å². The Labute approximate surface area is 191 Å². The number of aliphatic imine (C=N–C) groups is 1. The van der Waals surface area contributed by atoms with Gasteiger partial charge in [-0.15, -0.1) is 0 Å². The Balaban J connectivity index is 1.21. The van der Waals surface area contributed by atoms with Gasteiger partial charge in [0.2, 0.25) is 5.91 Å². The van der Waals surface area contributed by atoms with Crippen molar-refractivity contribution in [3.63, 3.8) is 0 Å². The standard InChI is InChI=1S/C25H38N6O/c1-3-26-25(27-12-11-21-19(2)29-23-10-5-4-9-22(21)23)28-13-14-30-15-17-31(18-16-30)24(32)20-7-6-8-20/h4-5,9-10,20,29H,3,6-8,11-18H2,1-2H3,(H2,26,27,28). The number of nitrogens with one attached hydrogen (secondary N) is 3. The van der Waals surface area contributed by atoms with Gasteiger partial charge in [-0.3, -0.25) is 14.7 Å². The number of hydrogen-bond acceptors (Lipinski definition) is 3. The number of piperazine rings is 1. The summed E-state index contributed by atoms with van der Waals surface area (Å²) in [5.41, 5.74) is 3.82. The van der Waals surface area contributed by atoms with Crippen LogP contribution in [0.4, 0.5) is 0 Å². The Kier molecular flexibility index (Phi) is 7.68. The summed E-state index contributed by atoms with van der Waals surface area (Å²) in [6.45, 7) is 11.3. The molecule has 2 heterocycles. The van der Waals surface area contributed by atoms with Gasteiger partial charge in [-0.2, -0.15) is 0 Å². The summed E-state index contributed by atoms with van der Waals surface area (Å²) in [5.74, 6) is 1.58. The van der Waals surface area contributed by atoms with Crippen molar-refractivity contribution in [2.45, 2.75) is 39.5 Å². The maximum atomic E-state index is 12.4. The number of benzene rings is 1. The Bertz CT molecular complexity index is 924. The minimum atomic E-state index is 0.313. The molecule has 2 aromatic rings. The third kappa shape index (κ3) is 5.44. The first-order chi connectivity index (χ1) is 15.7. The van der Waals surface area contributed by atoms with Gasteiger partial charge < -0.3 is 20.5 Å². The SMILES string of the molecule is CCNC(=NCCN1CCN(C(=O)C2CCC2)CC1)NCCc1c(C)[nH]c2ccccc12. The molecule has 4 rings (SSSR count). The van der Waals surface area contributed by atoms with Crippen molar-refractivity contribution in [1.29, 1.82) is 0 Å². The average molecular weight is 439 g/mol. The molecule has 0 atom stereocenters. The quantitative estimate of drug-likeness (QED) is 0.437. The summed E-state index contributed by atoms with van der Waals surface area (Å²) in [7, 11) is 0. The average Bonchev–Trinajstić information content (AvgIpc) is 3.08. The highest BCUT2D eigenvalue weighted by Crippen LogP contribution is 2.28. The predicted octanol–water partition coefficient (Wildman–Crippen LogP) is 2.52. The third-order valence-corrected chi connectivity index (χ3v) is 6.86. The predicted molar refractivity (Wildman–Crippen MR) is 131 cm³/mol. The van der Waals surface area contributed by atoms with E-state index in [-0.39, 0.29) is 0 Å². The van der Waals surface area contributed by atoms with Crippen LogP contribution in [0.5, 0.6) is 0 Å². The second kappa shape index (κ2) is 10.9. The first-order valence-electron chi connectivity index (χ1n) is 12.2. The van der Waals surface area contributed by atoms with E-state index in [0.29, 0.717) is 11.8 Å². The summed E-state index contributed by atoms with van der Waals surface area (Å²) in [5, 5.41) is 8.16. The van der Waals surface area contributed by atoms with Crippen molar-refractivity contribution in [2.75, 3.05) is 52.4 Å². The molecule has 0 bridgehead atoms. The number of aromatic amines is 1. The van der Waals surface area contributed by atoms with E-state index in [1.54, 1.807) is 0 Å². The highest BCUT2D eigenvalue weighted by atomic mass is 16.2. The molecule has 7 nitrogen and oxygen atoms in total. The normalized spacial score (nSPS) is 18.1. The molecule has 0 spiro atoms. The number of nitrogens with zero attached hydrogens (tertiary/aromatic N) is 3. The minimum Gasteiger partial charge on any atom is -0.358 e. The molecule has 1 aromatic heterocycles. The molecular weight excluding hydrogens is 400 g/mol. The zero-order valence-electron chi connectivity index (χ0n) is 19.6. The number of fused-ring (bicyclic) bond motifs is 1. The Morgan fingerprint density at radius 1 is 1.16 bits per heavy atom. The molecule has 2 fully saturated rings. The molecular formula is C25H38N6O. The molecule has 7 heteroatoms. The smallest absolute Gasteiger partial charge is 0.225 e.